The smallest absolute Gasteiger partial charge is 0.252 e. The van der Waals surface area contributed by atoms with E-state index >= 15 is 0 Å². The van der Waals surface area contributed by atoms with E-state index in [4.69, 9.17) is 16.0 Å². The zero-order chi connectivity index (χ0) is 19.6. The quantitative estimate of drug-likeness (QED) is 0.588. The van der Waals surface area contributed by atoms with Gasteiger partial charge in [0.15, 0.2) is 0 Å². The minimum absolute atomic E-state index is 0.297. The summed E-state index contributed by atoms with van der Waals surface area (Å²) in [7, 11) is -3.46. The Morgan fingerprint density at radius 3 is 2.46 bits per heavy atom. The van der Waals surface area contributed by atoms with E-state index in [-0.39, 0.29) is 0 Å². The molecule has 1 aliphatic rings. The maximum atomic E-state index is 12.6. The predicted octanol–water partition coefficient (Wildman–Crippen LogP) is 3.00. The molecular weight excluding hydrogens is 420 g/mol. The average molecular weight is 439 g/mol. The highest BCUT2D eigenvalue weighted by molar-refractivity contribution is 7.91. The summed E-state index contributed by atoms with van der Waals surface area (Å²) < 4.78 is 33.3. The molecule has 28 heavy (non-hydrogen) atoms. The standard InChI is InChI=1S/C18H19ClN4O3S2/c19-15-6-7-17(27-15)28(24,25)23-12-10-22(11-13-23)9-8-16-20-21-18(26-16)14-4-2-1-3-5-14/h1-7H,8-13H2. The highest BCUT2D eigenvalue weighted by Gasteiger charge is 2.29. The molecule has 0 aliphatic carbocycles. The lowest BCUT2D eigenvalue weighted by Crippen LogP contribution is -2.48. The fourth-order valence-corrected chi connectivity index (χ4v) is 6.12. The first-order valence-electron chi connectivity index (χ1n) is 8.88. The van der Waals surface area contributed by atoms with Crippen LogP contribution in [-0.2, 0) is 16.4 Å². The van der Waals surface area contributed by atoms with Gasteiger partial charge in [-0.3, -0.25) is 0 Å². The largest absolute Gasteiger partial charge is 0.421 e. The van der Waals surface area contributed by atoms with Crippen LogP contribution >= 0.6 is 22.9 Å². The van der Waals surface area contributed by atoms with E-state index < -0.39 is 10.0 Å². The zero-order valence-corrected chi connectivity index (χ0v) is 17.4. The van der Waals surface area contributed by atoms with E-state index in [9.17, 15) is 8.42 Å². The molecular formula is C18H19ClN4O3S2. The Morgan fingerprint density at radius 2 is 1.79 bits per heavy atom. The number of piperazine rings is 1. The fraction of sp³-hybridized carbons (Fsp3) is 0.333. The summed E-state index contributed by atoms with van der Waals surface area (Å²) in [6, 6.07) is 12.8. The third-order valence-electron chi connectivity index (χ3n) is 4.60. The van der Waals surface area contributed by atoms with Gasteiger partial charge in [0, 0.05) is 44.7 Å². The van der Waals surface area contributed by atoms with Gasteiger partial charge in [0.2, 0.25) is 11.8 Å². The topological polar surface area (TPSA) is 79.5 Å². The van der Waals surface area contributed by atoms with Crippen molar-refractivity contribution in [2.75, 3.05) is 32.7 Å². The van der Waals surface area contributed by atoms with Crippen LogP contribution in [0.15, 0.2) is 51.1 Å². The lowest BCUT2D eigenvalue weighted by molar-refractivity contribution is 0.187. The molecule has 148 valence electrons. The number of nitrogens with zero attached hydrogens (tertiary/aromatic N) is 4. The normalized spacial score (nSPS) is 16.5. The number of halogens is 1. The zero-order valence-electron chi connectivity index (χ0n) is 15.0. The summed E-state index contributed by atoms with van der Waals surface area (Å²) in [5.41, 5.74) is 0.897. The Balaban J connectivity index is 1.30. The molecule has 3 aromatic rings. The van der Waals surface area contributed by atoms with Gasteiger partial charge in [-0.15, -0.1) is 21.5 Å². The van der Waals surface area contributed by atoms with Crippen LogP contribution in [0.25, 0.3) is 11.5 Å². The van der Waals surface area contributed by atoms with Gasteiger partial charge in [-0.1, -0.05) is 29.8 Å². The van der Waals surface area contributed by atoms with Crippen LogP contribution in [0.3, 0.4) is 0 Å². The third-order valence-corrected chi connectivity index (χ3v) is 8.20. The predicted molar refractivity (Wildman–Crippen MR) is 108 cm³/mol. The summed E-state index contributed by atoms with van der Waals surface area (Å²) >= 11 is 6.97. The average Bonchev–Trinajstić information content (AvgIpc) is 3.37. The van der Waals surface area contributed by atoms with Crippen LogP contribution in [0.2, 0.25) is 4.34 Å². The molecule has 0 spiro atoms. The van der Waals surface area contributed by atoms with Gasteiger partial charge in [0.1, 0.15) is 4.21 Å². The van der Waals surface area contributed by atoms with E-state index in [2.05, 4.69) is 15.1 Å². The number of hydrogen-bond acceptors (Lipinski definition) is 7. The van der Waals surface area contributed by atoms with E-state index in [1.165, 1.54) is 4.31 Å². The number of hydrogen-bond donors (Lipinski definition) is 0. The van der Waals surface area contributed by atoms with E-state index in [1.54, 1.807) is 12.1 Å². The van der Waals surface area contributed by atoms with Gasteiger partial charge in [0.05, 0.1) is 4.34 Å². The minimum Gasteiger partial charge on any atom is -0.421 e. The number of benzene rings is 1. The van der Waals surface area contributed by atoms with Gasteiger partial charge in [-0.25, -0.2) is 8.42 Å². The maximum absolute atomic E-state index is 12.6. The second-order valence-corrected chi connectivity index (χ2v) is 10.3. The van der Waals surface area contributed by atoms with Crippen LogP contribution < -0.4 is 0 Å². The Kier molecular flexibility index (Phi) is 5.79. The lowest BCUT2D eigenvalue weighted by atomic mass is 10.2. The monoisotopic (exact) mass is 438 g/mol. The van der Waals surface area contributed by atoms with Crippen LogP contribution in [-0.4, -0.2) is 60.5 Å². The summed E-state index contributed by atoms with van der Waals surface area (Å²) in [5, 5.41) is 8.21. The van der Waals surface area contributed by atoms with E-state index in [0.717, 1.165) is 23.4 Å². The first kappa shape index (κ1) is 19.5. The molecule has 1 saturated heterocycles. The molecule has 4 rings (SSSR count). The molecule has 1 aromatic carbocycles. The fourth-order valence-electron chi connectivity index (χ4n) is 3.06. The van der Waals surface area contributed by atoms with Crippen molar-refractivity contribution in [1.29, 1.82) is 0 Å². The summed E-state index contributed by atoms with van der Waals surface area (Å²) in [4.78, 5) is 2.21. The van der Waals surface area contributed by atoms with Crippen molar-refractivity contribution in [2.45, 2.75) is 10.6 Å². The molecule has 3 heterocycles. The molecule has 1 aliphatic heterocycles. The van der Waals surface area contributed by atoms with Gasteiger partial charge < -0.3 is 9.32 Å². The van der Waals surface area contributed by atoms with Crippen molar-refractivity contribution in [1.82, 2.24) is 19.4 Å². The van der Waals surface area contributed by atoms with Crippen molar-refractivity contribution in [2.24, 2.45) is 0 Å². The molecule has 0 atom stereocenters. The Labute approximate surface area is 172 Å². The number of aromatic nitrogens is 2. The minimum atomic E-state index is -3.46. The Morgan fingerprint density at radius 1 is 1.04 bits per heavy atom. The second kappa shape index (κ2) is 8.30. The van der Waals surface area contributed by atoms with Crippen molar-refractivity contribution < 1.29 is 12.8 Å². The van der Waals surface area contributed by atoms with Crippen LogP contribution in [0.4, 0.5) is 0 Å². The van der Waals surface area contributed by atoms with Crippen LogP contribution in [0, 0.1) is 0 Å². The van der Waals surface area contributed by atoms with Crippen LogP contribution in [0.5, 0.6) is 0 Å². The summed E-state index contributed by atoms with van der Waals surface area (Å²) in [5.74, 6) is 1.10. The second-order valence-electron chi connectivity index (χ2n) is 6.42. The highest BCUT2D eigenvalue weighted by Crippen LogP contribution is 2.28. The first-order chi connectivity index (χ1) is 13.5. The molecule has 7 nitrogen and oxygen atoms in total. The van der Waals surface area contributed by atoms with Crippen molar-refractivity contribution in [3.05, 3.63) is 52.7 Å². The van der Waals surface area contributed by atoms with E-state index in [1.807, 2.05) is 30.3 Å². The molecule has 0 bridgehead atoms. The number of sulfonamides is 1. The first-order valence-corrected chi connectivity index (χ1v) is 11.5. The van der Waals surface area contributed by atoms with E-state index in [0.29, 0.717) is 52.9 Å². The highest BCUT2D eigenvalue weighted by atomic mass is 35.5. The van der Waals surface area contributed by atoms with Crippen molar-refractivity contribution >= 4 is 33.0 Å². The van der Waals surface area contributed by atoms with Crippen molar-refractivity contribution in [3.63, 3.8) is 0 Å². The van der Waals surface area contributed by atoms with Gasteiger partial charge in [0.25, 0.3) is 10.0 Å². The number of rotatable bonds is 6. The maximum Gasteiger partial charge on any atom is 0.252 e. The lowest BCUT2D eigenvalue weighted by Gasteiger charge is -2.33. The molecule has 0 amide bonds. The number of thiophene rings is 1. The molecule has 2 aromatic heterocycles. The van der Waals surface area contributed by atoms with Gasteiger partial charge in [-0.2, -0.15) is 4.31 Å². The van der Waals surface area contributed by atoms with Gasteiger partial charge in [-0.05, 0) is 24.3 Å². The van der Waals surface area contributed by atoms with Gasteiger partial charge >= 0.3 is 0 Å². The molecule has 0 radical (unpaired) electrons. The molecule has 1 fully saturated rings. The van der Waals surface area contributed by atoms with Crippen molar-refractivity contribution in [3.8, 4) is 11.5 Å². The Hall–Kier alpha value is -1.78. The Bertz CT molecular complexity index is 1030. The molecule has 10 heteroatoms. The van der Waals surface area contributed by atoms with Crippen LogP contribution in [0.1, 0.15) is 5.89 Å². The molecule has 0 saturated carbocycles. The summed E-state index contributed by atoms with van der Waals surface area (Å²) in [6.45, 7) is 2.99. The molecule has 0 unspecified atom stereocenters. The SMILES string of the molecule is O=S(=O)(c1ccc(Cl)s1)N1CCN(CCc2nnc(-c3ccccc3)o2)CC1. The molecule has 0 N–H and O–H groups in total. The summed E-state index contributed by atoms with van der Waals surface area (Å²) in [6.07, 6.45) is 0.632. The third kappa shape index (κ3) is 4.28.